The average Bonchev–Trinajstić information content (AvgIpc) is 3.60. The van der Waals surface area contributed by atoms with Gasteiger partial charge < -0.3 is 19.6 Å². The predicted molar refractivity (Wildman–Crippen MR) is 123 cm³/mol. The minimum absolute atomic E-state index is 0.0198. The molecule has 1 amide bonds. The molecule has 3 aliphatic carbocycles. The smallest absolute Gasteiger partial charge is 0.233 e. The molecule has 0 aromatic rings. The van der Waals surface area contributed by atoms with Gasteiger partial charge in [-0.3, -0.25) is 4.79 Å². The molecule has 3 saturated carbocycles. The highest BCUT2D eigenvalue weighted by molar-refractivity contribution is 9.09. The molecule has 0 bridgehead atoms. The summed E-state index contributed by atoms with van der Waals surface area (Å²) in [5, 5.41) is 10.9. The molecule has 0 aromatic heterocycles. The van der Waals surface area contributed by atoms with Crippen molar-refractivity contribution in [3.8, 4) is 0 Å². The maximum atomic E-state index is 12.8. The Bertz CT molecular complexity index is 543. The van der Waals surface area contributed by atoms with Gasteiger partial charge >= 0.3 is 0 Å². The summed E-state index contributed by atoms with van der Waals surface area (Å²) >= 11 is 3.38. The van der Waals surface area contributed by atoms with Crippen LogP contribution in [0.4, 0.5) is 0 Å². The van der Waals surface area contributed by atoms with Crippen molar-refractivity contribution in [1.82, 2.24) is 9.80 Å². The zero-order chi connectivity index (χ0) is 20.9. The Kier molecular flexibility index (Phi) is 8.52. The summed E-state index contributed by atoms with van der Waals surface area (Å²) in [6.07, 6.45) is 13.7. The molecule has 6 heteroatoms. The zero-order valence-corrected chi connectivity index (χ0v) is 20.1. The van der Waals surface area contributed by atoms with Crippen LogP contribution in [0.25, 0.3) is 0 Å². The van der Waals surface area contributed by atoms with Gasteiger partial charge in [-0.2, -0.15) is 0 Å². The first-order chi connectivity index (χ1) is 14.7. The van der Waals surface area contributed by atoms with Crippen LogP contribution >= 0.6 is 15.9 Å². The molecule has 2 atom stereocenters. The molecule has 0 spiro atoms. The van der Waals surface area contributed by atoms with Crippen LogP contribution in [-0.2, 0) is 9.53 Å². The Morgan fingerprint density at radius 2 is 1.50 bits per heavy atom. The first-order valence-electron chi connectivity index (χ1n) is 12.5. The second kappa shape index (κ2) is 11.1. The molecule has 1 saturated heterocycles. The van der Waals surface area contributed by atoms with E-state index in [2.05, 4.69) is 25.7 Å². The van der Waals surface area contributed by atoms with Crippen molar-refractivity contribution in [2.24, 2.45) is 11.8 Å². The molecule has 5 nitrogen and oxygen atoms in total. The van der Waals surface area contributed by atoms with Crippen molar-refractivity contribution >= 4 is 21.8 Å². The minimum atomic E-state index is -0.350. The number of amides is 1. The van der Waals surface area contributed by atoms with Crippen LogP contribution < -0.4 is 0 Å². The molecule has 30 heavy (non-hydrogen) atoms. The Labute approximate surface area is 191 Å². The van der Waals surface area contributed by atoms with Crippen molar-refractivity contribution in [3.05, 3.63) is 0 Å². The van der Waals surface area contributed by atoms with E-state index in [4.69, 9.17) is 4.74 Å². The van der Waals surface area contributed by atoms with Crippen LogP contribution in [0.3, 0.4) is 0 Å². The molecule has 172 valence electrons. The first-order valence-corrected chi connectivity index (χ1v) is 13.6. The predicted octanol–water partition coefficient (Wildman–Crippen LogP) is 3.96. The number of hydrogen-bond donors (Lipinski definition) is 1. The van der Waals surface area contributed by atoms with E-state index in [1.165, 1.54) is 38.5 Å². The second-order valence-electron chi connectivity index (χ2n) is 10.3. The van der Waals surface area contributed by atoms with Crippen LogP contribution in [0.5, 0.6) is 0 Å². The monoisotopic (exact) mass is 484 g/mol. The maximum absolute atomic E-state index is 12.8. The third kappa shape index (κ3) is 5.99. The lowest BCUT2D eigenvalue weighted by atomic mass is 9.84. The summed E-state index contributed by atoms with van der Waals surface area (Å²) in [5.74, 6) is 1.79. The maximum Gasteiger partial charge on any atom is 0.233 e. The SMILES string of the molecule is O=C(CBr)N(C1CCN([C@H]2CC[C@@H](COCC3CC3)CC2)CC1)[C@@H]1CCCC[C@H]1O. The molecule has 4 rings (SSSR count). The third-order valence-corrected chi connectivity index (χ3v) is 8.56. The van der Waals surface area contributed by atoms with E-state index < -0.39 is 0 Å². The third-order valence-electron chi connectivity index (χ3n) is 8.08. The lowest BCUT2D eigenvalue weighted by Crippen LogP contribution is -2.57. The second-order valence-corrected chi connectivity index (χ2v) is 10.8. The number of piperidine rings is 1. The van der Waals surface area contributed by atoms with Crippen LogP contribution in [-0.4, -0.2) is 76.7 Å². The number of halogens is 1. The normalized spacial score (nSPS) is 34.1. The molecule has 0 radical (unpaired) electrons. The van der Waals surface area contributed by atoms with Crippen LogP contribution in [0.1, 0.15) is 77.0 Å². The molecule has 0 unspecified atom stereocenters. The summed E-state index contributed by atoms with van der Waals surface area (Å²) in [5.41, 5.74) is 0. The number of aliphatic hydroxyl groups is 1. The standard InChI is InChI=1S/C24H41BrN2O3/c25-15-24(29)27(22-3-1-2-4-23(22)28)21-11-13-26(14-12-21)20-9-7-19(8-10-20)17-30-16-18-5-6-18/h18-23,28H,1-17H2/t19-,20+,22-,23-/m1/s1. The fourth-order valence-corrected chi connectivity index (χ4v) is 6.33. The molecule has 0 aromatic carbocycles. The highest BCUT2D eigenvalue weighted by Crippen LogP contribution is 2.33. The number of hydrogen-bond acceptors (Lipinski definition) is 4. The van der Waals surface area contributed by atoms with E-state index in [9.17, 15) is 9.90 Å². The van der Waals surface area contributed by atoms with Gasteiger partial charge in [0.15, 0.2) is 0 Å². The Morgan fingerprint density at radius 3 is 2.07 bits per heavy atom. The van der Waals surface area contributed by atoms with Crippen molar-refractivity contribution in [3.63, 3.8) is 0 Å². The number of rotatable bonds is 8. The molecule has 1 aliphatic heterocycles. The topological polar surface area (TPSA) is 53.0 Å². The number of likely N-dealkylation sites (tertiary alicyclic amines) is 1. The summed E-state index contributed by atoms with van der Waals surface area (Å²) in [6.45, 7) is 4.14. The van der Waals surface area contributed by atoms with Crippen molar-refractivity contribution in [2.75, 3.05) is 31.6 Å². The lowest BCUT2D eigenvalue weighted by molar-refractivity contribution is -0.139. The van der Waals surface area contributed by atoms with Gasteiger partial charge in [0.25, 0.3) is 0 Å². The van der Waals surface area contributed by atoms with E-state index in [1.807, 2.05) is 0 Å². The molecule has 4 aliphatic rings. The van der Waals surface area contributed by atoms with E-state index in [0.717, 1.165) is 76.7 Å². The molecular formula is C24H41BrN2O3. The quantitative estimate of drug-likeness (QED) is 0.529. The Morgan fingerprint density at radius 1 is 0.900 bits per heavy atom. The van der Waals surface area contributed by atoms with E-state index in [-0.39, 0.29) is 24.1 Å². The van der Waals surface area contributed by atoms with Gasteiger partial charge in [-0.15, -0.1) is 0 Å². The van der Waals surface area contributed by atoms with Gasteiger partial charge in [-0.1, -0.05) is 28.8 Å². The summed E-state index contributed by atoms with van der Waals surface area (Å²) in [6, 6.07) is 1.02. The highest BCUT2D eigenvalue weighted by Gasteiger charge is 2.38. The molecule has 1 heterocycles. The number of carbonyl (C=O) groups excluding carboxylic acids is 1. The van der Waals surface area contributed by atoms with Crippen molar-refractivity contribution in [1.29, 1.82) is 0 Å². The minimum Gasteiger partial charge on any atom is -0.391 e. The zero-order valence-electron chi connectivity index (χ0n) is 18.5. The van der Waals surface area contributed by atoms with Crippen LogP contribution in [0.15, 0.2) is 0 Å². The van der Waals surface area contributed by atoms with Gasteiger partial charge in [0.1, 0.15) is 0 Å². The van der Waals surface area contributed by atoms with Gasteiger partial charge in [-0.05, 0) is 76.0 Å². The average molecular weight is 486 g/mol. The Hall–Kier alpha value is -0.170. The van der Waals surface area contributed by atoms with Crippen molar-refractivity contribution in [2.45, 2.75) is 101 Å². The fraction of sp³-hybridized carbons (Fsp3) is 0.958. The Balaban J connectivity index is 1.23. The molecule has 4 fully saturated rings. The summed E-state index contributed by atoms with van der Waals surface area (Å²) in [4.78, 5) is 17.5. The largest absolute Gasteiger partial charge is 0.391 e. The first kappa shape index (κ1) is 23.0. The number of ether oxygens (including phenoxy) is 1. The summed E-state index contributed by atoms with van der Waals surface area (Å²) in [7, 11) is 0. The number of alkyl halides is 1. The number of carbonyl (C=O) groups is 1. The van der Waals surface area contributed by atoms with Crippen molar-refractivity contribution < 1.29 is 14.6 Å². The fourth-order valence-electron chi connectivity index (χ4n) is 6.04. The van der Waals surface area contributed by atoms with E-state index in [1.54, 1.807) is 0 Å². The molecule has 1 N–H and O–H groups in total. The molecular weight excluding hydrogens is 444 g/mol. The van der Waals surface area contributed by atoms with Crippen LogP contribution in [0.2, 0.25) is 0 Å². The van der Waals surface area contributed by atoms with E-state index >= 15 is 0 Å². The highest BCUT2D eigenvalue weighted by atomic mass is 79.9. The van der Waals surface area contributed by atoms with Gasteiger partial charge in [0.05, 0.1) is 17.5 Å². The number of aliphatic hydroxyl groups excluding tert-OH is 1. The lowest BCUT2D eigenvalue weighted by Gasteiger charge is -2.47. The van der Waals surface area contributed by atoms with Gasteiger partial charge in [0, 0.05) is 38.4 Å². The van der Waals surface area contributed by atoms with E-state index in [0.29, 0.717) is 11.4 Å². The summed E-state index contributed by atoms with van der Waals surface area (Å²) < 4.78 is 5.94. The van der Waals surface area contributed by atoms with Gasteiger partial charge in [-0.25, -0.2) is 0 Å². The van der Waals surface area contributed by atoms with Gasteiger partial charge in [0.2, 0.25) is 5.91 Å². The number of nitrogens with zero attached hydrogens (tertiary/aromatic N) is 2. The van der Waals surface area contributed by atoms with Crippen LogP contribution in [0, 0.1) is 11.8 Å².